The second-order valence-corrected chi connectivity index (χ2v) is 5.86. The molecule has 0 aliphatic carbocycles. The van der Waals surface area contributed by atoms with Gasteiger partial charge in [-0.1, -0.05) is 6.92 Å². The third-order valence-corrected chi connectivity index (χ3v) is 4.15. The van der Waals surface area contributed by atoms with E-state index in [0.717, 1.165) is 43.7 Å². The Hall–Kier alpha value is -0.930. The summed E-state index contributed by atoms with van der Waals surface area (Å²) in [5.41, 5.74) is 3.35. The average molecular weight is 279 g/mol. The number of halogens is 1. The van der Waals surface area contributed by atoms with Crippen molar-refractivity contribution < 1.29 is 9.13 Å². The minimum atomic E-state index is -0.141. The third kappa shape index (κ3) is 3.58. The van der Waals surface area contributed by atoms with E-state index in [1.54, 1.807) is 12.1 Å². The Bertz CT molecular complexity index is 418. The van der Waals surface area contributed by atoms with Crippen LogP contribution in [0, 0.1) is 25.6 Å². The quantitative estimate of drug-likeness (QED) is 0.882. The fraction of sp³-hybridized carbons (Fsp3) is 0.647. The van der Waals surface area contributed by atoms with Gasteiger partial charge in [0.25, 0.3) is 0 Å². The molecular formula is C17H26FNO. The highest BCUT2D eigenvalue weighted by Crippen LogP contribution is 2.33. The summed E-state index contributed by atoms with van der Waals surface area (Å²) in [4.78, 5) is 0. The predicted octanol–water partition coefficient (Wildman–Crippen LogP) is 3.91. The van der Waals surface area contributed by atoms with E-state index in [4.69, 9.17) is 4.74 Å². The second kappa shape index (κ2) is 7.19. The number of nitrogens with one attached hydrogen (secondary N) is 1. The minimum Gasteiger partial charge on any atom is -0.381 e. The Morgan fingerprint density at radius 3 is 2.60 bits per heavy atom. The maximum atomic E-state index is 13.5. The molecule has 2 atom stereocenters. The molecule has 0 bridgehead atoms. The van der Waals surface area contributed by atoms with Crippen LogP contribution in [-0.4, -0.2) is 19.8 Å². The Morgan fingerprint density at radius 1 is 1.35 bits per heavy atom. The fourth-order valence-corrected chi connectivity index (χ4v) is 3.25. The van der Waals surface area contributed by atoms with Gasteiger partial charge in [0.2, 0.25) is 0 Å². The molecule has 1 aromatic carbocycles. The van der Waals surface area contributed by atoms with Crippen LogP contribution < -0.4 is 5.32 Å². The average Bonchev–Trinajstić information content (AvgIpc) is 2.42. The van der Waals surface area contributed by atoms with Gasteiger partial charge in [0.1, 0.15) is 5.82 Å². The lowest BCUT2D eigenvalue weighted by Crippen LogP contribution is -2.34. The molecule has 2 rings (SSSR count). The molecule has 3 heteroatoms. The van der Waals surface area contributed by atoms with Crippen LogP contribution in [0.4, 0.5) is 4.39 Å². The molecule has 2 unspecified atom stereocenters. The van der Waals surface area contributed by atoms with Crippen LogP contribution in [0.25, 0.3) is 0 Å². The SMILES string of the molecule is CCCNC(c1c(C)cc(F)cc1C)C1CCCOC1. The zero-order valence-corrected chi connectivity index (χ0v) is 12.8. The van der Waals surface area contributed by atoms with Crippen LogP contribution in [0.2, 0.25) is 0 Å². The van der Waals surface area contributed by atoms with Gasteiger partial charge in [0, 0.05) is 18.6 Å². The molecule has 0 saturated carbocycles. The van der Waals surface area contributed by atoms with E-state index in [2.05, 4.69) is 12.2 Å². The normalized spacial score (nSPS) is 20.9. The number of ether oxygens (including phenoxy) is 1. The van der Waals surface area contributed by atoms with Crippen molar-refractivity contribution in [2.75, 3.05) is 19.8 Å². The molecule has 0 spiro atoms. The van der Waals surface area contributed by atoms with E-state index in [9.17, 15) is 4.39 Å². The van der Waals surface area contributed by atoms with Crippen molar-refractivity contribution in [3.05, 3.63) is 34.6 Å². The van der Waals surface area contributed by atoms with E-state index in [-0.39, 0.29) is 11.9 Å². The van der Waals surface area contributed by atoms with Gasteiger partial charge >= 0.3 is 0 Å². The highest BCUT2D eigenvalue weighted by molar-refractivity contribution is 5.37. The minimum absolute atomic E-state index is 0.141. The molecule has 20 heavy (non-hydrogen) atoms. The molecular weight excluding hydrogens is 253 g/mol. The van der Waals surface area contributed by atoms with E-state index < -0.39 is 0 Å². The summed E-state index contributed by atoms with van der Waals surface area (Å²) in [6, 6.07) is 3.56. The summed E-state index contributed by atoms with van der Waals surface area (Å²) in [5.74, 6) is 0.344. The molecule has 1 fully saturated rings. The van der Waals surface area contributed by atoms with Crippen LogP contribution in [-0.2, 0) is 4.74 Å². The molecule has 2 nitrogen and oxygen atoms in total. The van der Waals surface area contributed by atoms with E-state index in [0.29, 0.717) is 5.92 Å². The largest absolute Gasteiger partial charge is 0.381 e. The zero-order valence-electron chi connectivity index (χ0n) is 12.8. The molecule has 1 aliphatic rings. The predicted molar refractivity (Wildman–Crippen MR) is 80.5 cm³/mol. The lowest BCUT2D eigenvalue weighted by molar-refractivity contribution is 0.0388. The maximum Gasteiger partial charge on any atom is 0.123 e. The fourth-order valence-electron chi connectivity index (χ4n) is 3.25. The van der Waals surface area contributed by atoms with Gasteiger partial charge in [-0.05, 0) is 68.5 Å². The Morgan fingerprint density at radius 2 is 2.05 bits per heavy atom. The summed E-state index contributed by atoms with van der Waals surface area (Å²) in [6.45, 7) is 8.85. The lowest BCUT2D eigenvalue weighted by Gasteiger charge is -2.33. The van der Waals surface area contributed by atoms with Gasteiger partial charge in [-0.2, -0.15) is 0 Å². The Labute approximate surface area is 121 Å². The number of rotatable bonds is 5. The van der Waals surface area contributed by atoms with Crippen LogP contribution in [0.5, 0.6) is 0 Å². The number of aryl methyl sites for hydroxylation is 2. The van der Waals surface area contributed by atoms with E-state index in [1.165, 1.54) is 12.0 Å². The Kier molecular flexibility index (Phi) is 5.55. The van der Waals surface area contributed by atoms with Crippen molar-refractivity contribution in [1.29, 1.82) is 0 Å². The molecule has 1 N–H and O–H groups in total. The van der Waals surface area contributed by atoms with Crippen molar-refractivity contribution in [1.82, 2.24) is 5.32 Å². The van der Waals surface area contributed by atoms with E-state index in [1.807, 2.05) is 13.8 Å². The second-order valence-electron chi connectivity index (χ2n) is 5.86. The molecule has 1 aromatic rings. The molecule has 112 valence electrons. The number of hydrogen-bond acceptors (Lipinski definition) is 2. The molecule has 0 aromatic heterocycles. The first-order chi connectivity index (χ1) is 9.63. The number of benzene rings is 1. The molecule has 1 heterocycles. The van der Waals surface area contributed by atoms with Crippen LogP contribution in [0.15, 0.2) is 12.1 Å². The zero-order chi connectivity index (χ0) is 14.5. The molecule has 1 saturated heterocycles. The smallest absolute Gasteiger partial charge is 0.123 e. The van der Waals surface area contributed by atoms with Crippen molar-refractivity contribution in [2.45, 2.75) is 46.1 Å². The highest BCUT2D eigenvalue weighted by atomic mass is 19.1. The standard InChI is InChI=1S/C17H26FNO/c1-4-7-19-17(14-6-5-8-20-11-14)16-12(2)9-15(18)10-13(16)3/h9-10,14,17,19H,4-8,11H2,1-3H3. The lowest BCUT2D eigenvalue weighted by atomic mass is 9.84. The summed E-state index contributed by atoms with van der Waals surface area (Å²) < 4.78 is 19.2. The van der Waals surface area contributed by atoms with Crippen molar-refractivity contribution in [3.63, 3.8) is 0 Å². The highest BCUT2D eigenvalue weighted by Gasteiger charge is 2.27. The molecule has 0 amide bonds. The number of hydrogen-bond donors (Lipinski definition) is 1. The Balaban J connectivity index is 2.29. The van der Waals surface area contributed by atoms with Gasteiger partial charge in [0.05, 0.1) is 6.61 Å². The topological polar surface area (TPSA) is 21.3 Å². The van der Waals surface area contributed by atoms with Crippen LogP contribution in [0.3, 0.4) is 0 Å². The van der Waals surface area contributed by atoms with Gasteiger partial charge in [0.15, 0.2) is 0 Å². The van der Waals surface area contributed by atoms with Gasteiger partial charge in [-0.3, -0.25) is 0 Å². The van der Waals surface area contributed by atoms with Gasteiger partial charge < -0.3 is 10.1 Å². The van der Waals surface area contributed by atoms with Crippen molar-refractivity contribution in [3.8, 4) is 0 Å². The first-order valence-corrected chi connectivity index (χ1v) is 7.71. The summed E-state index contributed by atoms with van der Waals surface area (Å²) in [5, 5.41) is 3.65. The van der Waals surface area contributed by atoms with Crippen molar-refractivity contribution in [2.24, 2.45) is 5.92 Å². The summed E-state index contributed by atoms with van der Waals surface area (Å²) in [6.07, 6.45) is 3.40. The monoisotopic (exact) mass is 279 g/mol. The van der Waals surface area contributed by atoms with E-state index >= 15 is 0 Å². The van der Waals surface area contributed by atoms with Gasteiger partial charge in [-0.15, -0.1) is 0 Å². The first kappa shape index (κ1) is 15.5. The summed E-state index contributed by atoms with van der Waals surface area (Å²) in [7, 11) is 0. The third-order valence-electron chi connectivity index (χ3n) is 4.15. The maximum absolute atomic E-state index is 13.5. The summed E-state index contributed by atoms with van der Waals surface area (Å²) >= 11 is 0. The van der Waals surface area contributed by atoms with Gasteiger partial charge in [-0.25, -0.2) is 4.39 Å². The molecule has 0 radical (unpaired) electrons. The van der Waals surface area contributed by atoms with Crippen molar-refractivity contribution >= 4 is 0 Å². The van der Waals surface area contributed by atoms with Crippen LogP contribution in [0.1, 0.15) is 48.9 Å². The first-order valence-electron chi connectivity index (χ1n) is 7.71. The van der Waals surface area contributed by atoms with Crippen LogP contribution >= 0.6 is 0 Å². The molecule has 1 aliphatic heterocycles.